The van der Waals surface area contributed by atoms with E-state index in [-0.39, 0.29) is 9.76 Å². The molecule has 0 aromatic carbocycles. The van der Waals surface area contributed by atoms with Crippen molar-refractivity contribution < 1.29 is 12.3 Å². The van der Waals surface area contributed by atoms with Gasteiger partial charge in [-0.15, -0.1) is 0 Å². The molecule has 5 nitrogen and oxygen atoms in total. The number of rotatable bonds is 12. The summed E-state index contributed by atoms with van der Waals surface area (Å²) in [6.07, 6.45) is 2.24. The second-order valence-electron chi connectivity index (χ2n) is 3.72. The summed E-state index contributed by atoms with van der Waals surface area (Å²) in [5.74, 6) is 0. The number of nitrogens with one attached hydrogen (secondary N) is 1. The second kappa shape index (κ2) is 13.7. The summed E-state index contributed by atoms with van der Waals surface area (Å²) >= 11 is 0. The van der Waals surface area contributed by atoms with Gasteiger partial charge in [-0.1, -0.05) is 6.92 Å². The van der Waals surface area contributed by atoms with E-state index in [1.165, 1.54) is 12.5 Å². The molecule has 0 fully saturated rings. The molecule has 1 unspecified atom stereocenters. The summed E-state index contributed by atoms with van der Waals surface area (Å²) < 4.78 is 15.9. The predicted molar refractivity (Wildman–Crippen MR) is 79.4 cm³/mol. The van der Waals surface area contributed by atoms with Crippen molar-refractivity contribution in [3.8, 4) is 0 Å². The fraction of sp³-hybridized carbons (Fsp3) is 1.00. The highest BCUT2D eigenvalue weighted by Gasteiger charge is 1.97. The summed E-state index contributed by atoms with van der Waals surface area (Å²) in [6.45, 7) is 4.11. The molecule has 1 atom stereocenters. The highest BCUT2D eigenvalue weighted by Crippen LogP contribution is 1.88. The van der Waals surface area contributed by atoms with Crippen molar-refractivity contribution in [2.45, 2.75) is 31.9 Å². The molecule has 16 heavy (non-hydrogen) atoms. The lowest BCUT2D eigenvalue weighted by Gasteiger charge is -2.09. The number of nitrogens with two attached hydrogens (primary N) is 1. The smallest absolute Gasteiger partial charge is 0.284 e. The molecular formula is C7H26N2O3Si4. The Morgan fingerprint density at radius 2 is 2.19 bits per heavy atom. The molecular weight excluding hydrogens is 272 g/mol. The van der Waals surface area contributed by atoms with Crippen LogP contribution in [-0.4, -0.2) is 59.4 Å². The van der Waals surface area contributed by atoms with Crippen molar-refractivity contribution in [1.29, 1.82) is 0 Å². The summed E-state index contributed by atoms with van der Waals surface area (Å²) in [5.41, 5.74) is 5.79. The van der Waals surface area contributed by atoms with Crippen LogP contribution >= 0.6 is 0 Å². The van der Waals surface area contributed by atoms with Crippen molar-refractivity contribution >= 4 is 40.3 Å². The molecule has 0 amide bonds. The maximum Gasteiger partial charge on any atom is 0.284 e. The molecule has 0 aliphatic rings. The third kappa shape index (κ3) is 12.7. The monoisotopic (exact) mass is 298 g/mol. The normalized spacial score (nSPS) is 15.4. The first-order chi connectivity index (χ1) is 7.81. The third-order valence-electron chi connectivity index (χ3n) is 2.19. The van der Waals surface area contributed by atoms with Crippen LogP contribution in [0.25, 0.3) is 0 Å². The van der Waals surface area contributed by atoms with Gasteiger partial charge in [0.2, 0.25) is 0 Å². The van der Waals surface area contributed by atoms with Crippen LogP contribution in [0.4, 0.5) is 0 Å². The lowest BCUT2D eigenvalue weighted by molar-refractivity contribution is 0.437. The van der Waals surface area contributed by atoms with Crippen molar-refractivity contribution in [1.82, 2.24) is 5.32 Å². The van der Waals surface area contributed by atoms with Gasteiger partial charge in [0, 0.05) is 12.6 Å². The van der Waals surface area contributed by atoms with Crippen LogP contribution in [0.1, 0.15) is 19.8 Å². The average Bonchev–Trinajstić information content (AvgIpc) is 2.31. The fourth-order valence-corrected chi connectivity index (χ4v) is 6.83. The van der Waals surface area contributed by atoms with Crippen molar-refractivity contribution in [3.05, 3.63) is 0 Å². The molecule has 0 aliphatic heterocycles. The molecule has 0 aromatic rings. The molecule has 9 heteroatoms. The minimum absolute atomic E-state index is 0.303. The molecule has 0 bridgehead atoms. The quantitative estimate of drug-likeness (QED) is 0.290. The first-order valence-electron chi connectivity index (χ1n) is 5.92. The van der Waals surface area contributed by atoms with Gasteiger partial charge in [0.1, 0.15) is 20.2 Å². The second-order valence-corrected chi connectivity index (χ2v) is 10.9. The Kier molecular flexibility index (Phi) is 14.3. The van der Waals surface area contributed by atoms with Gasteiger partial charge in [0.25, 0.3) is 20.0 Å². The molecule has 0 aliphatic carbocycles. The molecule has 0 spiro atoms. The SMILES string of the molecule is CCC(N)CNCCC[SiH2]O[SiH2]O[SiH2]O[SiH3]. The van der Waals surface area contributed by atoms with Gasteiger partial charge in [-0.2, -0.15) is 0 Å². The van der Waals surface area contributed by atoms with Crippen LogP contribution in [0.3, 0.4) is 0 Å². The van der Waals surface area contributed by atoms with Crippen LogP contribution in [-0.2, 0) is 12.3 Å². The van der Waals surface area contributed by atoms with Gasteiger partial charge < -0.3 is 23.4 Å². The minimum Gasteiger partial charge on any atom is -0.449 e. The molecule has 3 N–H and O–H groups in total. The maximum absolute atomic E-state index is 5.79. The van der Waals surface area contributed by atoms with Crippen LogP contribution in [0, 0.1) is 0 Å². The lowest BCUT2D eigenvalue weighted by Crippen LogP contribution is -2.33. The standard InChI is InChI=1S/C7H26N2O3Si4/c1-2-7(8)6-9-4-3-5-14-11-16-12-15-10-13/h7,9H,2-6,8,14-16H2,1,13H3. The van der Waals surface area contributed by atoms with E-state index in [0.29, 0.717) is 6.04 Å². The van der Waals surface area contributed by atoms with Crippen molar-refractivity contribution in [2.75, 3.05) is 13.1 Å². The van der Waals surface area contributed by atoms with Crippen LogP contribution in [0.15, 0.2) is 0 Å². The Balaban J connectivity index is 2.93. The predicted octanol–water partition coefficient (Wildman–Crippen LogP) is -3.47. The lowest BCUT2D eigenvalue weighted by atomic mass is 10.2. The largest absolute Gasteiger partial charge is 0.449 e. The fourth-order valence-electron chi connectivity index (χ4n) is 1.12. The Morgan fingerprint density at radius 1 is 1.38 bits per heavy atom. The zero-order valence-electron chi connectivity index (χ0n) is 10.5. The van der Waals surface area contributed by atoms with E-state index < -0.39 is 20.0 Å². The molecule has 0 radical (unpaired) electrons. The van der Waals surface area contributed by atoms with E-state index in [9.17, 15) is 0 Å². The van der Waals surface area contributed by atoms with Gasteiger partial charge >= 0.3 is 0 Å². The highest BCUT2D eigenvalue weighted by molar-refractivity contribution is 6.44. The topological polar surface area (TPSA) is 65.7 Å². The molecule has 0 saturated carbocycles. The van der Waals surface area contributed by atoms with Gasteiger partial charge in [-0.25, -0.2) is 0 Å². The molecule has 0 saturated heterocycles. The van der Waals surface area contributed by atoms with E-state index in [2.05, 4.69) is 12.2 Å². The van der Waals surface area contributed by atoms with E-state index >= 15 is 0 Å². The zero-order chi connectivity index (χ0) is 12.1. The Bertz CT molecular complexity index is 147. The first kappa shape index (κ1) is 16.7. The molecule has 0 heterocycles. The van der Waals surface area contributed by atoms with Gasteiger partial charge in [-0.05, 0) is 25.4 Å². The molecule has 0 aromatic heterocycles. The summed E-state index contributed by atoms with van der Waals surface area (Å²) in [4.78, 5) is 0. The number of hydrogen-bond donors (Lipinski definition) is 2. The summed E-state index contributed by atoms with van der Waals surface area (Å²) in [7, 11) is -0.840. The van der Waals surface area contributed by atoms with E-state index in [4.69, 9.17) is 18.1 Å². The van der Waals surface area contributed by atoms with Gasteiger partial charge in [-0.3, -0.25) is 0 Å². The van der Waals surface area contributed by atoms with Crippen LogP contribution in [0.5, 0.6) is 0 Å². The van der Waals surface area contributed by atoms with Crippen LogP contribution in [0.2, 0.25) is 6.04 Å². The van der Waals surface area contributed by atoms with E-state index in [1.54, 1.807) is 0 Å². The molecule has 98 valence electrons. The first-order valence-corrected chi connectivity index (χ1v) is 10.6. The minimum atomic E-state index is -0.675. The number of hydrogen-bond acceptors (Lipinski definition) is 5. The van der Waals surface area contributed by atoms with E-state index in [1.807, 2.05) is 0 Å². The van der Waals surface area contributed by atoms with E-state index in [0.717, 1.165) is 30.0 Å². The Hall–Kier alpha value is 0.668. The summed E-state index contributed by atoms with van der Waals surface area (Å²) in [5, 5.41) is 3.36. The van der Waals surface area contributed by atoms with Crippen molar-refractivity contribution in [2.24, 2.45) is 5.73 Å². The van der Waals surface area contributed by atoms with Gasteiger partial charge in [0.05, 0.1) is 0 Å². The zero-order valence-corrected chi connectivity index (χ0v) is 16.8. The third-order valence-corrected chi connectivity index (χ3v) is 7.08. The van der Waals surface area contributed by atoms with Crippen LogP contribution < -0.4 is 11.1 Å². The van der Waals surface area contributed by atoms with Crippen molar-refractivity contribution in [3.63, 3.8) is 0 Å². The highest BCUT2D eigenvalue weighted by atomic mass is 28.4. The molecule has 0 rings (SSSR count). The maximum atomic E-state index is 5.79. The Morgan fingerprint density at radius 3 is 2.88 bits per heavy atom. The summed E-state index contributed by atoms with van der Waals surface area (Å²) in [6, 6.07) is 1.53. The Labute approximate surface area is 109 Å². The average molecular weight is 299 g/mol. The van der Waals surface area contributed by atoms with Gasteiger partial charge in [0.15, 0.2) is 0 Å².